The number of ether oxygens (including phenoxy) is 2. The molecular formula is C10H16N2O4S. The molecule has 1 rings (SSSR count). The van der Waals surface area contributed by atoms with Crippen LogP contribution in [0.5, 0.6) is 11.5 Å². The molecule has 96 valence electrons. The zero-order valence-corrected chi connectivity index (χ0v) is 10.6. The molecule has 0 radical (unpaired) electrons. The van der Waals surface area contributed by atoms with Crippen molar-refractivity contribution in [3.05, 3.63) is 18.2 Å². The molecule has 6 nitrogen and oxygen atoms in total. The van der Waals surface area contributed by atoms with Crippen LogP contribution in [-0.4, -0.2) is 35.7 Å². The van der Waals surface area contributed by atoms with E-state index in [-0.39, 0.29) is 29.5 Å². The Bertz CT molecular complexity index is 451. The Kier molecular flexibility index (Phi) is 4.73. The predicted molar refractivity (Wildman–Crippen MR) is 63.8 cm³/mol. The van der Waals surface area contributed by atoms with E-state index in [0.29, 0.717) is 0 Å². The summed E-state index contributed by atoms with van der Waals surface area (Å²) >= 11 is 0. The highest BCUT2D eigenvalue weighted by Crippen LogP contribution is 2.32. The van der Waals surface area contributed by atoms with Crippen molar-refractivity contribution in [2.45, 2.75) is 4.90 Å². The molecule has 0 heterocycles. The third-order valence-corrected chi connectivity index (χ3v) is 3.61. The summed E-state index contributed by atoms with van der Waals surface area (Å²) in [6.07, 6.45) is 0. The van der Waals surface area contributed by atoms with E-state index >= 15 is 0 Å². The maximum Gasteiger partial charge on any atom is 0.248 e. The van der Waals surface area contributed by atoms with Crippen LogP contribution in [0.25, 0.3) is 0 Å². The number of rotatable bonds is 6. The summed E-state index contributed by atoms with van der Waals surface area (Å²) in [5.41, 5.74) is 5.27. The zero-order valence-electron chi connectivity index (χ0n) is 9.76. The lowest BCUT2D eigenvalue weighted by Crippen LogP contribution is -2.29. The predicted octanol–water partition coefficient (Wildman–Crippen LogP) is -0.0592. The Labute approximate surface area is 101 Å². The van der Waals surface area contributed by atoms with E-state index in [1.54, 1.807) is 18.2 Å². The number of methoxy groups -OCH3 is 2. The molecule has 0 amide bonds. The molecule has 0 bridgehead atoms. The number of hydrogen-bond donors (Lipinski definition) is 2. The Hall–Kier alpha value is -1.31. The standard InChI is InChI=1S/C10H16N2O4S/c1-15-8-4-3-5-9(16-2)10(8)17(13,14)12-7-6-11/h3-5,12H,6-7,11H2,1-2H3. The van der Waals surface area contributed by atoms with E-state index in [2.05, 4.69) is 4.72 Å². The third kappa shape index (κ3) is 3.09. The summed E-state index contributed by atoms with van der Waals surface area (Å²) in [6.45, 7) is 0.375. The van der Waals surface area contributed by atoms with Gasteiger partial charge in [-0.3, -0.25) is 0 Å². The summed E-state index contributed by atoms with van der Waals surface area (Å²) in [5, 5.41) is 0. The molecule has 7 heteroatoms. The topological polar surface area (TPSA) is 90.6 Å². The summed E-state index contributed by atoms with van der Waals surface area (Å²) < 4.78 is 36.5. The summed E-state index contributed by atoms with van der Waals surface area (Å²) in [5.74, 6) is 0.461. The van der Waals surface area contributed by atoms with Crippen LogP contribution in [0.1, 0.15) is 0 Å². The molecule has 0 aliphatic carbocycles. The Morgan fingerprint density at radius 2 is 1.76 bits per heavy atom. The van der Waals surface area contributed by atoms with E-state index in [1.165, 1.54) is 14.2 Å². The first-order chi connectivity index (χ1) is 8.06. The second-order valence-electron chi connectivity index (χ2n) is 3.18. The van der Waals surface area contributed by atoms with Gasteiger partial charge in [0.2, 0.25) is 10.0 Å². The van der Waals surface area contributed by atoms with Crippen molar-refractivity contribution in [1.82, 2.24) is 4.72 Å². The molecule has 1 aromatic carbocycles. The highest BCUT2D eigenvalue weighted by atomic mass is 32.2. The molecule has 0 spiro atoms. The molecule has 17 heavy (non-hydrogen) atoms. The minimum Gasteiger partial charge on any atom is -0.495 e. The molecule has 1 aromatic rings. The van der Waals surface area contributed by atoms with Gasteiger partial charge in [0.05, 0.1) is 14.2 Å². The van der Waals surface area contributed by atoms with Crippen LogP contribution in [0, 0.1) is 0 Å². The molecule has 3 N–H and O–H groups in total. The lowest BCUT2D eigenvalue weighted by Gasteiger charge is -2.13. The van der Waals surface area contributed by atoms with Gasteiger partial charge in [-0.05, 0) is 12.1 Å². The van der Waals surface area contributed by atoms with Gasteiger partial charge in [0.15, 0.2) is 4.90 Å². The summed E-state index contributed by atoms with van der Waals surface area (Å²) in [7, 11) is -0.889. The normalized spacial score (nSPS) is 11.2. The maximum absolute atomic E-state index is 12.0. The van der Waals surface area contributed by atoms with Crippen LogP contribution in [0.15, 0.2) is 23.1 Å². The lowest BCUT2D eigenvalue weighted by atomic mass is 10.3. The first kappa shape index (κ1) is 13.8. The average Bonchev–Trinajstić information content (AvgIpc) is 2.35. The smallest absolute Gasteiger partial charge is 0.248 e. The number of nitrogens with one attached hydrogen (secondary N) is 1. The van der Waals surface area contributed by atoms with Gasteiger partial charge in [-0.2, -0.15) is 0 Å². The molecule has 0 unspecified atom stereocenters. The monoisotopic (exact) mass is 260 g/mol. The van der Waals surface area contributed by atoms with E-state index in [9.17, 15) is 8.42 Å². The minimum absolute atomic E-state index is 0.0153. The number of sulfonamides is 1. The van der Waals surface area contributed by atoms with Crippen LogP contribution in [0.4, 0.5) is 0 Å². The van der Waals surface area contributed by atoms with Crippen LogP contribution in [0.3, 0.4) is 0 Å². The largest absolute Gasteiger partial charge is 0.495 e. The fourth-order valence-electron chi connectivity index (χ4n) is 1.35. The first-order valence-electron chi connectivity index (χ1n) is 4.97. The van der Waals surface area contributed by atoms with E-state index in [0.717, 1.165) is 0 Å². The van der Waals surface area contributed by atoms with Gasteiger partial charge in [0.25, 0.3) is 0 Å². The van der Waals surface area contributed by atoms with Crippen LogP contribution in [0.2, 0.25) is 0 Å². The van der Waals surface area contributed by atoms with Gasteiger partial charge in [0.1, 0.15) is 11.5 Å². The van der Waals surface area contributed by atoms with Crippen molar-refractivity contribution in [1.29, 1.82) is 0 Å². The third-order valence-electron chi connectivity index (χ3n) is 2.09. The van der Waals surface area contributed by atoms with Crippen molar-refractivity contribution in [3.63, 3.8) is 0 Å². The van der Waals surface area contributed by atoms with Gasteiger partial charge < -0.3 is 15.2 Å². The van der Waals surface area contributed by atoms with Crippen LogP contribution in [-0.2, 0) is 10.0 Å². The molecule has 0 aliphatic rings. The van der Waals surface area contributed by atoms with Crippen LogP contribution >= 0.6 is 0 Å². The lowest BCUT2D eigenvalue weighted by molar-refractivity contribution is 0.373. The SMILES string of the molecule is COc1cccc(OC)c1S(=O)(=O)NCCN. The van der Waals surface area contributed by atoms with Gasteiger partial charge in [-0.1, -0.05) is 6.07 Å². The highest BCUT2D eigenvalue weighted by Gasteiger charge is 2.23. The van der Waals surface area contributed by atoms with Crippen molar-refractivity contribution >= 4 is 10.0 Å². The molecule has 0 saturated carbocycles. The van der Waals surface area contributed by atoms with Gasteiger partial charge in [-0.15, -0.1) is 0 Å². The molecule has 0 atom stereocenters. The second kappa shape index (κ2) is 5.85. The first-order valence-corrected chi connectivity index (χ1v) is 6.46. The molecule has 0 fully saturated rings. The van der Waals surface area contributed by atoms with E-state index < -0.39 is 10.0 Å². The number of benzene rings is 1. The Morgan fingerprint density at radius 1 is 1.24 bits per heavy atom. The zero-order chi connectivity index (χ0) is 12.9. The Morgan fingerprint density at radius 3 is 2.18 bits per heavy atom. The summed E-state index contributed by atoms with van der Waals surface area (Å²) in [4.78, 5) is -0.0153. The minimum atomic E-state index is -3.69. The van der Waals surface area contributed by atoms with Crippen LogP contribution < -0.4 is 19.9 Å². The van der Waals surface area contributed by atoms with Gasteiger partial charge >= 0.3 is 0 Å². The van der Waals surface area contributed by atoms with Crippen molar-refractivity contribution < 1.29 is 17.9 Å². The summed E-state index contributed by atoms with van der Waals surface area (Å²) in [6, 6.07) is 4.76. The van der Waals surface area contributed by atoms with Crippen molar-refractivity contribution in [2.75, 3.05) is 27.3 Å². The fourth-order valence-corrected chi connectivity index (χ4v) is 2.71. The second-order valence-corrected chi connectivity index (χ2v) is 4.88. The Balaban J connectivity index is 3.27. The van der Waals surface area contributed by atoms with E-state index in [4.69, 9.17) is 15.2 Å². The molecule has 0 aliphatic heterocycles. The average molecular weight is 260 g/mol. The van der Waals surface area contributed by atoms with Crippen molar-refractivity contribution in [3.8, 4) is 11.5 Å². The maximum atomic E-state index is 12.0. The highest BCUT2D eigenvalue weighted by molar-refractivity contribution is 7.89. The molecule has 0 saturated heterocycles. The quantitative estimate of drug-likeness (QED) is 0.748. The molecule has 0 aromatic heterocycles. The van der Waals surface area contributed by atoms with E-state index in [1.807, 2.05) is 0 Å². The molecular weight excluding hydrogens is 244 g/mol. The van der Waals surface area contributed by atoms with Gasteiger partial charge in [0, 0.05) is 13.1 Å². The fraction of sp³-hybridized carbons (Fsp3) is 0.400. The van der Waals surface area contributed by atoms with Crippen molar-refractivity contribution in [2.24, 2.45) is 5.73 Å². The number of hydrogen-bond acceptors (Lipinski definition) is 5. The van der Waals surface area contributed by atoms with Gasteiger partial charge in [-0.25, -0.2) is 13.1 Å². The number of nitrogens with two attached hydrogens (primary N) is 1.